The fraction of sp³-hybridized carbons (Fsp3) is 1.00. The summed E-state index contributed by atoms with van der Waals surface area (Å²) in [5.74, 6) is 0. The van der Waals surface area contributed by atoms with Crippen LogP contribution < -0.4 is 16.8 Å². The summed E-state index contributed by atoms with van der Waals surface area (Å²) in [6.45, 7) is 3.61. The molecule has 0 aromatic rings. The van der Waals surface area contributed by atoms with Crippen molar-refractivity contribution in [3.05, 3.63) is 0 Å². The van der Waals surface area contributed by atoms with E-state index in [9.17, 15) is 0 Å². The quantitative estimate of drug-likeness (QED) is 0.399. The van der Waals surface area contributed by atoms with Crippen LogP contribution in [-0.2, 0) is 0 Å². The molecule has 0 saturated carbocycles. The molecule has 0 rings (SSSR count). The molecule has 0 bridgehead atoms. The SMILES string of the molecule is CCCCCCCCCC[N+](C)(C)C.[O-][Br+3]([O-])([O-])[O-]. The standard InChI is InChI=1S/C13H30N.BrO4/c1-5-6-7-8-9-10-11-12-13-14(2,3)4;2-1(3,4)5/h5-13H2,1-4H3;/q+1;-1. The summed E-state index contributed by atoms with van der Waals surface area (Å²) in [6, 6.07) is 0. The van der Waals surface area contributed by atoms with Crippen LogP contribution in [0, 0.1) is 14.1 Å². The Morgan fingerprint density at radius 1 is 0.684 bits per heavy atom. The van der Waals surface area contributed by atoms with E-state index in [-0.39, 0.29) is 0 Å². The Kier molecular flexibility index (Phi) is 13.7. The van der Waals surface area contributed by atoms with Gasteiger partial charge in [-0.3, -0.25) is 16.8 Å². The molecule has 0 atom stereocenters. The number of halogens is 1. The third-order valence-corrected chi connectivity index (χ3v) is 2.68. The van der Waals surface area contributed by atoms with E-state index < -0.39 is 14.1 Å². The maximum atomic E-state index is 8.58. The predicted molar refractivity (Wildman–Crippen MR) is 65.5 cm³/mol. The van der Waals surface area contributed by atoms with Gasteiger partial charge < -0.3 is 4.48 Å². The molecule has 0 aromatic heterocycles. The first-order chi connectivity index (χ1) is 8.56. The summed E-state index contributed by atoms with van der Waals surface area (Å²) in [6.07, 6.45) is 11.4. The third kappa shape index (κ3) is 38.1. The Labute approximate surface area is 122 Å². The van der Waals surface area contributed by atoms with E-state index in [1.54, 1.807) is 0 Å². The van der Waals surface area contributed by atoms with Crippen LogP contribution in [0.3, 0.4) is 0 Å². The van der Waals surface area contributed by atoms with Gasteiger partial charge in [-0.1, -0.05) is 45.4 Å². The normalized spacial score (nSPS) is 12.0. The van der Waals surface area contributed by atoms with Gasteiger partial charge in [0.15, 0.2) is 0 Å². The van der Waals surface area contributed by atoms with Crippen LogP contribution in [0.4, 0.5) is 0 Å². The van der Waals surface area contributed by atoms with Gasteiger partial charge >= 0.3 is 0 Å². The number of hydrogen-bond acceptors (Lipinski definition) is 4. The van der Waals surface area contributed by atoms with Crippen LogP contribution in [0.25, 0.3) is 0 Å². The lowest BCUT2D eigenvalue weighted by Crippen LogP contribution is -2.68. The molecule has 0 aliphatic heterocycles. The number of quaternary nitrogens is 1. The second-order valence-electron chi connectivity index (χ2n) is 5.87. The lowest BCUT2D eigenvalue weighted by atomic mass is 10.1. The lowest BCUT2D eigenvalue weighted by molar-refractivity contribution is -2.00. The first-order valence-corrected chi connectivity index (χ1v) is 9.57. The number of unbranched alkanes of at least 4 members (excludes halogenated alkanes) is 7. The van der Waals surface area contributed by atoms with Crippen LogP contribution in [-0.4, -0.2) is 32.2 Å². The minimum absolute atomic E-state index is 1.12. The molecule has 118 valence electrons. The molecule has 0 amide bonds. The summed E-state index contributed by atoms with van der Waals surface area (Å²) in [5, 5.41) is 0. The van der Waals surface area contributed by atoms with Crippen LogP contribution in [0.5, 0.6) is 0 Å². The summed E-state index contributed by atoms with van der Waals surface area (Å²) < 4.78 is 35.4. The van der Waals surface area contributed by atoms with E-state index in [1.807, 2.05) is 0 Å². The summed E-state index contributed by atoms with van der Waals surface area (Å²) in [7, 11) is 6.84. The highest BCUT2D eigenvalue weighted by Gasteiger charge is 2.04. The highest BCUT2D eigenvalue weighted by Crippen LogP contribution is 2.09. The monoisotopic (exact) mass is 343 g/mol. The van der Waals surface area contributed by atoms with Gasteiger partial charge in [0, 0.05) is 0 Å². The zero-order chi connectivity index (χ0) is 15.4. The van der Waals surface area contributed by atoms with Gasteiger partial charge in [0.25, 0.3) is 0 Å². The van der Waals surface area contributed by atoms with Gasteiger partial charge in [-0.2, -0.15) is 0 Å². The summed E-state index contributed by atoms with van der Waals surface area (Å²) in [4.78, 5) is 0. The van der Waals surface area contributed by atoms with Crippen molar-refractivity contribution in [2.24, 2.45) is 0 Å². The van der Waals surface area contributed by atoms with E-state index in [1.165, 1.54) is 57.9 Å². The molecule has 19 heavy (non-hydrogen) atoms. The van der Waals surface area contributed by atoms with E-state index >= 15 is 0 Å². The van der Waals surface area contributed by atoms with Crippen molar-refractivity contribution in [1.82, 2.24) is 0 Å². The lowest BCUT2D eigenvalue weighted by Gasteiger charge is -2.23. The largest absolute Gasteiger partial charge is 0.331 e. The Morgan fingerprint density at radius 2 is 1.00 bits per heavy atom. The molecule has 0 heterocycles. The minimum atomic E-state index is -5.62. The fourth-order valence-electron chi connectivity index (χ4n) is 1.72. The van der Waals surface area contributed by atoms with E-state index in [4.69, 9.17) is 16.8 Å². The predicted octanol–water partition coefficient (Wildman–Crippen LogP) is -0.923. The highest BCUT2D eigenvalue weighted by atomic mass is 80.0. The van der Waals surface area contributed by atoms with Crippen molar-refractivity contribution >= 4 is 0 Å². The minimum Gasteiger partial charge on any atom is -0.331 e. The molecule has 0 aromatic carbocycles. The van der Waals surface area contributed by atoms with Crippen LogP contribution >= 0.6 is 0 Å². The molecule has 0 aliphatic rings. The molecule has 0 saturated heterocycles. The third-order valence-electron chi connectivity index (χ3n) is 2.68. The van der Waals surface area contributed by atoms with Gasteiger partial charge in [0.1, 0.15) is 0 Å². The van der Waals surface area contributed by atoms with Crippen molar-refractivity contribution in [3.63, 3.8) is 0 Å². The molecule has 0 unspecified atom stereocenters. The molecule has 0 radical (unpaired) electrons. The Bertz CT molecular complexity index is 184. The smallest absolute Gasteiger partial charge is 0.0780 e. The molecular formula is C13H30BrNO4. The van der Waals surface area contributed by atoms with Crippen molar-refractivity contribution in [2.75, 3.05) is 27.7 Å². The van der Waals surface area contributed by atoms with Crippen molar-refractivity contribution in [1.29, 1.82) is 0 Å². The maximum Gasteiger partial charge on any atom is 0.0780 e. The van der Waals surface area contributed by atoms with Gasteiger partial charge in [0.05, 0.1) is 41.8 Å². The van der Waals surface area contributed by atoms with Gasteiger partial charge in [-0.25, -0.2) is 0 Å². The first kappa shape index (κ1) is 21.6. The average molecular weight is 344 g/mol. The van der Waals surface area contributed by atoms with Crippen molar-refractivity contribution in [2.45, 2.75) is 58.3 Å². The van der Waals surface area contributed by atoms with Gasteiger partial charge in [0.2, 0.25) is 0 Å². The maximum absolute atomic E-state index is 8.58. The highest BCUT2D eigenvalue weighted by molar-refractivity contribution is 4.45. The van der Waals surface area contributed by atoms with Crippen molar-refractivity contribution < 1.29 is 35.4 Å². The van der Waals surface area contributed by atoms with E-state index in [0.29, 0.717) is 0 Å². The second kappa shape index (κ2) is 12.1. The fourth-order valence-corrected chi connectivity index (χ4v) is 1.72. The summed E-state index contributed by atoms with van der Waals surface area (Å²) in [5.41, 5.74) is 0. The van der Waals surface area contributed by atoms with E-state index in [0.717, 1.165) is 4.48 Å². The molecule has 6 heteroatoms. The Hall–Kier alpha value is 0.280. The molecule has 5 nitrogen and oxygen atoms in total. The molecular weight excluding hydrogens is 314 g/mol. The molecule has 0 N–H and O–H groups in total. The second-order valence-corrected chi connectivity index (χ2v) is 7.45. The Balaban J connectivity index is 0. The number of nitrogens with zero attached hydrogens (tertiary/aromatic N) is 1. The van der Waals surface area contributed by atoms with Gasteiger partial charge in [-0.05, 0) is 12.8 Å². The van der Waals surface area contributed by atoms with Crippen LogP contribution in [0.15, 0.2) is 0 Å². The number of rotatable bonds is 9. The average Bonchev–Trinajstić information content (AvgIpc) is 2.18. The first-order valence-electron chi connectivity index (χ1n) is 6.98. The Morgan fingerprint density at radius 3 is 1.32 bits per heavy atom. The van der Waals surface area contributed by atoms with E-state index in [2.05, 4.69) is 28.1 Å². The number of hydrogen-bond donors (Lipinski definition) is 0. The topological polar surface area (TPSA) is 92.2 Å². The molecule has 0 fully saturated rings. The zero-order valence-corrected chi connectivity index (χ0v) is 14.4. The van der Waals surface area contributed by atoms with Crippen LogP contribution in [0.1, 0.15) is 58.3 Å². The summed E-state index contributed by atoms with van der Waals surface area (Å²) >= 11 is -5.62. The zero-order valence-electron chi connectivity index (χ0n) is 12.8. The van der Waals surface area contributed by atoms with Gasteiger partial charge in [-0.15, -0.1) is 0 Å². The van der Waals surface area contributed by atoms with Crippen molar-refractivity contribution in [3.8, 4) is 0 Å². The van der Waals surface area contributed by atoms with Crippen LogP contribution in [0.2, 0.25) is 0 Å². The molecule has 0 spiro atoms. The molecule has 0 aliphatic carbocycles.